The first-order valence-electron chi connectivity index (χ1n) is 9.32. The number of carbonyl (C=O) groups excluding carboxylic acids is 1. The zero-order valence-corrected chi connectivity index (χ0v) is 15.2. The van der Waals surface area contributed by atoms with Gasteiger partial charge in [0.25, 0.3) is 0 Å². The van der Waals surface area contributed by atoms with Crippen LogP contribution in [0.5, 0.6) is 5.88 Å². The number of amides is 2. The van der Waals surface area contributed by atoms with Crippen LogP contribution in [0.2, 0.25) is 0 Å². The maximum atomic E-state index is 12.3. The van der Waals surface area contributed by atoms with Gasteiger partial charge in [-0.15, -0.1) is 0 Å². The van der Waals surface area contributed by atoms with Crippen molar-refractivity contribution in [3.63, 3.8) is 0 Å². The minimum Gasteiger partial charge on any atom is -0.468 e. The van der Waals surface area contributed by atoms with Crippen LogP contribution in [0.3, 0.4) is 0 Å². The van der Waals surface area contributed by atoms with Gasteiger partial charge in [-0.05, 0) is 24.5 Å². The molecule has 150 valence electrons. The summed E-state index contributed by atoms with van der Waals surface area (Å²) in [5.41, 5.74) is 0.639. The first-order valence-corrected chi connectivity index (χ1v) is 9.32. The number of carbonyl (C=O) groups is 1. The molecular formula is C18H25F3N4O2. The Morgan fingerprint density at radius 2 is 1.93 bits per heavy atom. The summed E-state index contributed by atoms with van der Waals surface area (Å²) in [7, 11) is 0. The van der Waals surface area contributed by atoms with E-state index in [0.29, 0.717) is 24.7 Å². The summed E-state index contributed by atoms with van der Waals surface area (Å²) in [4.78, 5) is 20.4. The lowest BCUT2D eigenvalue weighted by atomic mass is 10.2. The number of hydrogen-bond acceptors (Lipinski definition) is 4. The molecule has 0 aromatic carbocycles. The molecule has 0 spiro atoms. The van der Waals surface area contributed by atoms with Gasteiger partial charge in [0.15, 0.2) is 6.61 Å². The number of halogens is 3. The molecule has 2 aliphatic rings. The molecule has 1 aliphatic carbocycles. The number of hydrogen-bond donors (Lipinski definition) is 1. The Morgan fingerprint density at radius 1 is 1.22 bits per heavy atom. The van der Waals surface area contributed by atoms with Crippen molar-refractivity contribution in [2.75, 3.05) is 32.8 Å². The Bertz CT molecular complexity index is 627. The minimum absolute atomic E-state index is 0.107. The molecule has 0 radical (unpaired) electrons. The van der Waals surface area contributed by atoms with Crippen molar-refractivity contribution in [3.05, 3.63) is 23.9 Å². The highest BCUT2D eigenvalue weighted by Gasteiger charge is 2.29. The smallest absolute Gasteiger partial charge is 0.422 e. The summed E-state index contributed by atoms with van der Waals surface area (Å²) in [6.45, 7) is 2.00. The van der Waals surface area contributed by atoms with Crippen LogP contribution >= 0.6 is 0 Å². The molecule has 3 rings (SSSR count). The number of aromatic nitrogens is 1. The van der Waals surface area contributed by atoms with Crippen molar-refractivity contribution < 1.29 is 22.7 Å². The number of rotatable bonds is 5. The maximum Gasteiger partial charge on any atom is 0.422 e. The molecule has 1 aliphatic heterocycles. The number of nitrogens with zero attached hydrogens (tertiary/aromatic N) is 3. The van der Waals surface area contributed by atoms with E-state index in [1.54, 1.807) is 11.0 Å². The van der Waals surface area contributed by atoms with Crippen molar-refractivity contribution >= 4 is 6.03 Å². The SMILES string of the molecule is O=C(NCc1ccnc(OCC(F)(F)F)c1)N1CCN(C2CCCC2)CC1. The maximum absolute atomic E-state index is 12.3. The molecule has 1 aromatic heterocycles. The number of piperazine rings is 1. The topological polar surface area (TPSA) is 57.7 Å². The largest absolute Gasteiger partial charge is 0.468 e. The van der Waals surface area contributed by atoms with Crippen molar-refractivity contribution in [1.82, 2.24) is 20.1 Å². The van der Waals surface area contributed by atoms with Gasteiger partial charge < -0.3 is 15.0 Å². The molecule has 6 nitrogen and oxygen atoms in total. The number of pyridine rings is 1. The zero-order valence-electron chi connectivity index (χ0n) is 15.2. The molecule has 1 saturated carbocycles. The number of ether oxygens (including phenoxy) is 1. The van der Waals surface area contributed by atoms with Crippen LogP contribution < -0.4 is 10.1 Å². The Hall–Kier alpha value is -2.03. The van der Waals surface area contributed by atoms with Gasteiger partial charge in [0.1, 0.15) is 0 Å². The second kappa shape index (κ2) is 8.77. The molecule has 1 N–H and O–H groups in total. The first-order chi connectivity index (χ1) is 12.9. The van der Waals surface area contributed by atoms with Gasteiger partial charge in [0.2, 0.25) is 5.88 Å². The van der Waals surface area contributed by atoms with Gasteiger partial charge in [0.05, 0.1) is 0 Å². The molecule has 27 heavy (non-hydrogen) atoms. The second-order valence-corrected chi connectivity index (χ2v) is 7.03. The number of nitrogens with one attached hydrogen (secondary N) is 1. The van der Waals surface area contributed by atoms with Crippen molar-refractivity contribution in [1.29, 1.82) is 0 Å². The van der Waals surface area contributed by atoms with Crippen LogP contribution in [0, 0.1) is 0 Å². The highest BCUT2D eigenvalue weighted by atomic mass is 19.4. The quantitative estimate of drug-likeness (QED) is 0.846. The van der Waals surface area contributed by atoms with Crippen LogP contribution in [-0.4, -0.2) is 65.8 Å². The van der Waals surface area contributed by atoms with Crippen molar-refractivity contribution in [2.45, 2.75) is 44.4 Å². The van der Waals surface area contributed by atoms with Gasteiger partial charge in [-0.25, -0.2) is 9.78 Å². The predicted molar refractivity (Wildman–Crippen MR) is 93.4 cm³/mol. The second-order valence-electron chi connectivity index (χ2n) is 7.03. The lowest BCUT2D eigenvalue weighted by Gasteiger charge is -2.38. The van der Waals surface area contributed by atoms with E-state index < -0.39 is 12.8 Å². The standard InChI is InChI=1S/C18H25F3N4O2/c19-18(20,21)13-27-16-11-14(5-6-22-16)12-23-17(26)25-9-7-24(8-10-25)15-3-1-2-4-15/h5-6,11,15H,1-4,7-10,12-13H2,(H,23,26). The Kier molecular flexibility index (Phi) is 6.41. The average Bonchev–Trinajstić information content (AvgIpc) is 3.19. The Labute approximate surface area is 156 Å². The zero-order chi connectivity index (χ0) is 19.3. The van der Waals surface area contributed by atoms with E-state index in [1.807, 2.05) is 0 Å². The monoisotopic (exact) mass is 386 g/mol. The molecule has 1 aromatic rings. The summed E-state index contributed by atoms with van der Waals surface area (Å²) in [6.07, 6.45) is 2.07. The van der Waals surface area contributed by atoms with Gasteiger partial charge >= 0.3 is 12.2 Å². The minimum atomic E-state index is -4.41. The number of urea groups is 1. The highest BCUT2D eigenvalue weighted by molar-refractivity contribution is 5.74. The average molecular weight is 386 g/mol. The van der Waals surface area contributed by atoms with Gasteiger partial charge in [-0.3, -0.25) is 4.90 Å². The summed E-state index contributed by atoms with van der Waals surface area (Å²) < 4.78 is 41.3. The fraction of sp³-hybridized carbons (Fsp3) is 0.667. The summed E-state index contributed by atoms with van der Waals surface area (Å²) in [5, 5.41) is 2.82. The fourth-order valence-corrected chi connectivity index (χ4v) is 3.64. The third-order valence-electron chi connectivity index (χ3n) is 5.07. The highest BCUT2D eigenvalue weighted by Crippen LogP contribution is 2.24. The summed E-state index contributed by atoms with van der Waals surface area (Å²) in [6, 6.07) is 3.56. The molecule has 0 atom stereocenters. The lowest BCUT2D eigenvalue weighted by Crippen LogP contribution is -2.53. The van der Waals surface area contributed by atoms with E-state index >= 15 is 0 Å². The molecule has 2 fully saturated rings. The predicted octanol–water partition coefficient (Wildman–Crippen LogP) is 2.79. The van der Waals surface area contributed by atoms with Crippen LogP contribution in [0.25, 0.3) is 0 Å². The molecule has 2 amide bonds. The Morgan fingerprint density at radius 3 is 2.59 bits per heavy atom. The summed E-state index contributed by atoms with van der Waals surface area (Å²) >= 11 is 0. The number of alkyl halides is 3. The van der Waals surface area contributed by atoms with Crippen LogP contribution in [0.1, 0.15) is 31.2 Å². The van der Waals surface area contributed by atoms with Gasteiger partial charge in [0, 0.05) is 51.0 Å². The van der Waals surface area contributed by atoms with E-state index in [-0.39, 0.29) is 18.5 Å². The third-order valence-corrected chi connectivity index (χ3v) is 5.07. The van der Waals surface area contributed by atoms with E-state index in [9.17, 15) is 18.0 Å². The molecule has 0 bridgehead atoms. The van der Waals surface area contributed by atoms with Gasteiger partial charge in [-0.2, -0.15) is 13.2 Å². The molecule has 2 heterocycles. The molecule has 0 unspecified atom stereocenters. The molecule has 9 heteroatoms. The first kappa shape index (κ1) is 19.7. The van der Waals surface area contributed by atoms with E-state index in [0.717, 1.165) is 13.1 Å². The van der Waals surface area contributed by atoms with Crippen molar-refractivity contribution in [2.24, 2.45) is 0 Å². The summed E-state index contributed by atoms with van der Waals surface area (Å²) in [5.74, 6) is -0.107. The van der Waals surface area contributed by atoms with Crippen LogP contribution in [0.15, 0.2) is 18.3 Å². The van der Waals surface area contributed by atoms with E-state index in [2.05, 4.69) is 19.9 Å². The molecule has 1 saturated heterocycles. The van der Waals surface area contributed by atoms with E-state index in [4.69, 9.17) is 0 Å². The van der Waals surface area contributed by atoms with Gasteiger partial charge in [-0.1, -0.05) is 12.8 Å². The third kappa shape index (κ3) is 5.98. The normalized spacial score (nSPS) is 19.3. The van der Waals surface area contributed by atoms with E-state index in [1.165, 1.54) is 37.9 Å². The Balaban J connectivity index is 1.42. The van der Waals surface area contributed by atoms with Crippen LogP contribution in [-0.2, 0) is 6.54 Å². The lowest BCUT2D eigenvalue weighted by molar-refractivity contribution is -0.154. The molecular weight excluding hydrogens is 361 g/mol. The fourth-order valence-electron chi connectivity index (χ4n) is 3.64. The van der Waals surface area contributed by atoms with Crippen LogP contribution in [0.4, 0.5) is 18.0 Å². The van der Waals surface area contributed by atoms with Crippen molar-refractivity contribution in [3.8, 4) is 5.88 Å².